The van der Waals surface area contributed by atoms with Crippen molar-refractivity contribution >= 4 is 23.4 Å². The predicted octanol–water partition coefficient (Wildman–Crippen LogP) is 1.76. The Morgan fingerprint density at radius 2 is 1.78 bits per heavy atom. The van der Waals surface area contributed by atoms with Crippen LogP contribution in [0.2, 0.25) is 0 Å². The summed E-state index contributed by atoms with van der Waals surface area (Å²) >= 11 is 0. The number of anilines is 1. The summed E-state index contributed by atoms with van der Waals surface area (Å²) in [6, 6.07) is 8.81. The molecular weight excluding hydrogens is 353 g/mol. The van der Waals surface area contributed by atoms with Gasteiger partial charge in [-0.15, -0.1) is 0 Å². The zero-order chi connectivity index (χ0) is 19.4. The molecule has 1 aromatic heterocycles. The number of rotatable bonds is 4. The monoisotopic (exact) mass is 373 g/mol. The van der Waals surface area contributed by atoms with E-state index in [2.05, 4.69) is 0 Å². The van der Waals surface area contributed by atoms with E-state index in [0.29, 0.717) is 31.9 Å². The number of furan rings is 1. The van der Waals surface area contributed by atoms with Gasteiger partial charge in [0.2, 0.25) is 11.8 Å². The molecule has 7 nitrogen and oxygen atoms in total. The molecule has 0 aliphatic carbocycles. The second kappa shape index (κ2) is 8.03. The number of benzene rings is 1. The Kier molecular flexibility index (Phi) is 5.54. The number of halogens is 1. The van der Waals surface area contributed by atoms with Crippen molar-refractivity contribution in [2.45, 2.75) is 6.92 Å². The fraction of sp³-hybridized carbons (Fsp3) is 0.316. The number of carbonyl (C=O) groups is 3. The molecule has 0 radical (unpaired) electrons. The van der Waals surface area contributed by atoms with Crippen molar-refractivity contribution in [1.29, 1.82) is 0 Å². The highest BCUT2D eigenvalue weighted by atomic mass is 19.1. The lowest BCUT2D eigenvalue weighted by molar-refractivity contribution is -0.132. The molecule has 3 rings (SSSR count). The first kappa shape index (κ1) is 18.6. The first-order chi connectivity index (χ1) is 13.0. The smallest absolute Gasteiger partial charge is 0.289 e. The molecule has 1 aliphatic heterocycles. The molecule has 0 spiro atoms. The summed E-state index contributed by atoms with van der Waals surface area (Å²) in [5, 5.41) is 0. The van der Waals surface area contributed by atoms with Crippen LogP contribution in [0.15, 0.2) is 47.1 Å². The molecule has 0 bridgehead atoms. The predicted molar refractivity (Wildman–Crippen MR) is 95.6 cm³/mol. The highest BCUT2D eigenvalue weighted by Gasteiger charge is 2.27. The zero-order valence-electron chi connectivity index (χ0n) is 14.9. The third-order valence-corrected chi connectivity index (χ3v) is 4.44. The van der Waals surface area contributed by atoms with Crippen LogP contribution in [-0.2, 0) is 9.59 Å². The summed E-state index contributed by atoms with van der Waals surface area (Å²) in [5.74, 6) is -1.02. The van der Waals surface area contributed by atoms with Crippen LogP contribution in [0.4, 0.5) is 10.1 Å². The quantitative estimate of drug-likeness (QED) is 0.819. The number of nitrogens with zero attached hydrogens (tertiary/aromatic N) is 3. The molecule has 1 aliphatic rings. The van der Waals surface area contributed by atoms with Gasteiger partial charge in [0, 0.05) is 38.8 Å². The third kappa shape index (κ3) is 4.33. The van der Waals surface area contributed by atoms with Crippen molar-refractivity contribution in [3.8, 4) is 0 Å². The highest BCUT2D eigenvalue weighted by Crippen LogP contribution is 2.17. The second-order valence-electron chi connectivity index (χ2n) is 6.24. The lowest BCUT2D eigenvalue weighted by Gasteiger charge is -2.35. The Morgan fingerprint density at radius 3 is 2.37 bits per heavy atom. The van der Waals surface area contributed by atoms with E-state index in [1.807, 2.05) is 0 Å². The molecule has 142 valence electrons. The van der Waals surface area contributed by atoms with E-state index < -0.39 is 5.82 Å². The normalized spacial score (nSPS) is 14.1. The highest BCUT2D eigenvalue weighted by molar-refractivity contribution is 5.97. The summed E-state index contributed by atoms with van der Waals surface area (Å²) in [7, 11) is 0. The number of piperazine rings is 1. The van der Waals surface area contributed by atoms with Gasteiger partial charge in [-0.3, -0.25) is 14.4 Å². The van der Waals surface area contributed by atoms with Gasteiger partial charge in [0.05, 0.1) is 6.26 Å². The average molecular weight is 373 g/mol. The summed E-state index contributed by atoms with van der Waals surface area (Å²) in [4.78, 5) is 41.2. The standard InChI is InChI=1S/C19H20FN3O4/c1-14(24)23(16-5-2-4-15(20)12-16)13-18(25)21-7-9-22(10-8-21)19(26)17-6-3-11-27-17/h2-6,11-12H,7-10,13H2,1H3. The molecule has 0 saturated carbocycles. The molecular formula is C19H20FN3O4. The Labute approximate surface area is 155 Å². The maximum atomic E-state index is 13.4. The number of hydrogen-bond acceptors (Lipinski definition) is 4. The van der Waals surface area contributed by atoms with Crippen molar-refractivity contribution in [3.63, 3.8) is 0 Å². The molecule has 1 fully saturated rings. The van der Waals surface area contributed by atoms with E-state index in [0.717, 1.165) is 0 Å². The van der Waals surface area contributed by atoms with E-state index in [1.165, 1.54) is 36.3 Å². The van der Waals surface area contributed by atoms with Crippen molar-refractivity contribution in [1.82, 2.24) is 9.80 Å². The SMILES string of the molecule is CC(=O)N(CC(=O)N1CCN(C(=O)c2ccco2)CC1)c1cccc(F)c1. The number of amides is 3. The molecule has 3 amide bonds. The third-order valence-electron chi connectivity index (χ3n) is 4.44. The lowest BCUT2D eigenvalue weighted by atomic mass is 10.2. The minimum Gasteiger partial charge on any atom is -0.459 e. The van der Waals surface area contributed by atoms with Crippen LogP contribution in [-0.4, -0.2) is 60.2 Å². The minimum absolute atomic E-state index is 0.176. The van der Waals surface area contributed by atoms with Crippen molar-refractivity contribution in [2.24, 2.45) is 0 Å². The zero-order valence-corrected chi connectivity index (χ0v) is 14.9. The summed E-state index contributed by atoms with van der Waals surface area (Å²) in [6.07, 6.45) is 1.44. The molecule has 1 aromatic carbocycles. The van der Waals surface area contributed by atoms with Crippen LogP contribution >= 0.6 is 0 Å². The van der Waals surface area contributed by atoms with Gasteiger partial charge in [-0.05, 0) is 30.3 Å². The fourth-order valence-electron chi connectivity index (χ4n) is 2.98. The molecule has 0 N–H and O–H groups in total. The molecule has 2 heterocycles. The van der Waals surface area contributed by atoms with E-state index in [9.17, 15) is 18.8 Å². The Balaban J connectivity index is 1.60. The van der Waals surface area contributed by atoms with Gasteiger partial charge in [0.25, 0.3) is 5.91 Å². The summed E-state index contributed by atoms with van der Waals surface area (Å²) in [6.45, 7) is 2.64. The topological polar surface area (TPSA) is 74.1 Å². The van der Waals surface area contributed by atoms with Gasteiger partial charge < -0.3 is 19.1 Å². The van der Waals surface area contributed by atoms with Gasteiger partial charge in [-0.2, -0.15) is 0 Å². The van der Waals surface area contributed by atoms with Crippen LogP contribution in [0.1, 0.15) is 17.5 Å². The Bertz CT molecular complexity index is 829. The molecule has 27 heavy (non-hydrogen) atoms. The first-order valence-electron chi connectivity index (χ1n) is 8.60. The maximum Gasteiger partial charge on any atom is 0.289 e. The van der Waals surface area contributed by atoms with Gasteiger partial charge >= 0.3 is 0 Å². The molecule has 0 unspecified atom stereocenters. The molecule has 8 heteroatoms. The first-order valence-corrected chi connectivity index (χ1v) is 8.60. The Morgan fingerprint density at radius 1 is 1.07 bits per heavy atom. The lowest BCUT2D eigenvalue weighted by Crippen LogP contribution is -2.53. The Hall–Kier alpha value is -3.16. The van der Waals surface area contributed by atoms with Crippen molar-refractivity contribution < 1.29 is 23.2 Å². The molecule has 1 saturated heterocycles. The summed E-state index contributed by atoms with van der Waals surface area (Å²) in [5.41, 5.74) is 0.336. The van der Waals surface area contributed by atoms with Crippen molar-refractivity contribution in [2.75, 3.05) is 37.6 Å². The second-order valence-corrected chi connectivity index (χ2v) is 6.24. The van der Waals surface area contributed by atoms with Crippen LogP contribution in [0.5, 0.6) is 0 Å². The van der Waals surface area contributed by atoms with E-state index >= 15 is 0 Å². The van der Waals surface area contributed by atoms with Crippen LogP contribution < -0.4 is 4.90 Å². The number of carbonyl (C=O) groups excluding carboxylic acids is 3. The minimum atomic E-state index is -0.476. The van der Waals surface area contributed by atoms with E-state index in [4.69, 9.17) is 4.42 Å². The molecule has 2 aromatic rings. The van der Waals surface area contributed by atoms with E-state index in [-0.39, 0.29) is 30.0 Å². The van der Waals surface area contributed by atoms with E-state index in [1.54, 1.807) is 28.0 Å². The van der Waals surface area contributed by atoms with Crippen LogP contribution in [0, 0.1) is 5.82 Å². The largest absolute Gasteiger partial charge is 0.459 e. The van der Waals surface area contributed by atoms with Crippen molar-refractivity contribution in [3.05, 3.63) is 54.2 Å². The maximum absolute atomic E-state index is 13.4. The van der Waals surface area contributed by atoms with Gasteiger partial charge in [0.15, 0.2) is 5.76 Å². The molecule has 0 atom stereocenters. The van der Waals surface area contributed by atoms with Gasteiger partial charge in [-0.1, -0.05) is 6.07 Å². The average Bonchev–Trinajstić information content (AvgIpc) is 3.20. The van der Waals surface area contributed by atoms with Crippen LogP contribution in [0.25, 0.3) is 0 Å². The van der Waals surface area contributed by atoms with Crippen LogP contribution in [0.3, 0.4) is 0 Å². The van der Waals surface area contributed by atoms with Gasteiger partial charge in [-0.25, -0.2) is 4.39 Å². The fourth-order valence-corrected chi connectivity index (χ4v) is 2.98. The number of hydrogen-bond donors (Lipinski definition) is 0. The van der Waals surface area contributed by atoms with Gasteiger partial charge in [0.1, 0.15) is 12.4 Å². The summed E-state index contributed by atoms with van der Waals surface area (Å²) < 4.78 is 18.6.